The van der Waals surface area contributed by atoms with Gasteiger partial charge in [0.1, 0.15) is 5.75 Å². The molecule has 1 aliphatic heterocycles. The van der Waals surface area contributed by atoms with Crippen LogP contribution in [0.4, 0.5) is 18.9 Å². The first-order valence-electron chi connectivity index (χ1n) is 8.80. The van der Waals surface area contributed by atoms with Gasteiger partial charge in [0.15, 0.2) is 4.32 Å². The number of nitrogens with zero attached hydrogens (tertiary/aromatic N) is 1. The fourth-order valence-corrected chi connectivity index (χ4v) is 4.54. The SMILES string of the molecule is COc1ccc(/C=C2\SC(=S)N(c3cccc(C(F)(F)F)c3)C2=O)c2ccccc12. The second kappa shape index (κ2) is 7.77. The summed E-state index contributed by atoms with van der Waals surface area (Å²) in [5.41, 5.74) is 0.0467. The summed E-state index contributed by atoms with van der Waals surface area (Å²) in [5, 5.41) is 1.78. The molecule has 0 spiro atoms. The molecule has 1 fully saturated rings. The van der Waals surface area contributed by atoms with E-state index in [0.29, 0.717) is 10.7 Å². The zero-order chi connectivity index (χ0) is 21.5. The molecule has 3 aromatic rings. The molecule has 0 aromatic heterocycles. The van der Waals surface area contributed by atoms with Gasteiger partial charge >= 0.3 is 6.18 Å². The third-order valence-corrected chi connectivity index (χ3v) is 5.95. The van der Waals surface area contributed by atoms with Crippen molar-refractivity contribution in [2.75, 3.05) is 12.0 Å². The second-order valence-electron chi connectivity index (χ2n) is 6.47. The lowest BCUT2D eigenvalue weighted by molar-refractivity contribution is -0.137. The molecule has 8 heteroatoms. The van der Waals surface area contributed by atoms with Crippen LogP contribution in [0.15, 0.2) is 65.6 Å². The second-order valence-corrected chi connectivity index (χ2v) is 8.14. The van der Waals surface area contributed by atoms with Crippen LogP contribution in [-0.4, -0.2) is 17.3 Å². The van der Waals surface area contributed by atoms with E-state index in [0.717, 1.165) is 45.1 Å². The van der Waals surface area contributed by atoms with Crippen molar-refractivity contribution in [1.82, 2.24) is 0 Å². The van der Waals surface area contributed by atoms with Gasteiger partial charge < -0.3 is 4.74 Å². The van der Waals surface area contributed by atoms with Crippen LogP contribution < -0.4 is 9.64 Å². The number of methoxy groups -OCH3 is 1. The zero-order valence-corrected chi connectivity index (χ0v) is 17.2. The summed E-state index contributed by atoms with van der Waals surface area (Å²) in [6, 6.07) is 15.8. The Morgan fingerprint density at radius 2 is 1.77 bits per heavy atom. The standard InChI is InChI=1S/C22H14F3NO2S2/c1-28-18-10-9-13(16-7-2-3-8-17(16)18)11-19-20(27)26(21(29)30-19)15-6-4-5-14(12-15)22(23,24)25/h2-12H,1H3/b19-11-. The van der Waals surface area contributed by atoms with Gasteiger partial charge in [0.2, 0.25) is 0 Å². The highest BCUT2D eigenvalue weighted by atomic mass is 32.2. The normalized spacial score (nSPS) is 16.0. The molecule has 3 nitrogen and oxygen atoms in total. The molecule has 1 saturated heterocycles. The molecule has 1 heterocycles. The molecule has 1 amide bonds. The molecule has 0 saturated carbocycles. The fourth-order valence-electron chi connectivity index (χ4n) is 3.25. The largest absolute Gasteiger partial charge is 0.496 e. The molecule has 0 bridgehead atoms. The van der Waals surface area contributed by atoms with Gasteiger partial charge in [-0.3, -0.25) is 9.69 Å². The molecule has 152 valence electrons. The van der Waals surface area contributed by atoms with E-state index in [1.807, 2.05) is 36.4 Å². The van der Waals surface area contributed by atoms with Gasteiger partial charge in [-0.2, -0.15) is 13.2 Å². The van der Waals surface area contributed by atoms with Crippen molar-refractivity contribution in [3.05, 3.63) is 76.7 Å². The quantitative estimate of drug-likeness (QED) is 0.351. The third-order valence-electron chi connectivity index (χ3n) is 4.65. The summed E-state index contributed by atoms with van der Waals surface area (Å²) in [6.45, 7) is 0. The average molecular weight is 445 g/mol. The van der Waals surface area contributed by atoms with Crippen molar-refractivity contribution in [3.8, 4) is 5.75 Å². The Morgan fingerprint density at radius 3 is 2.47 bits per heavy atom. The first-order chi connectivity index (χ1) is 14.3. The number of rotatable bonds is 3. The Hall–Kier alpha value is -2.84. The van der Waals surface area contributed by atoms with E-state index in [1.165, 1.54) is 12.1 Å². The summed E-state index contributed by atoms with van der Waals surface area (Å²) >= 11 is 6.35. The first kappa shape index (κ1) is 20.4. The van der Waals surface area contributed by atoms with Gasteiger partial charge in [-0.15, -0.1) is 0 Å². The number of halogens is 3. The highest BCUT2D eigenvalue weighted by molar-refractivity contribution is 8.27. The molecule has 0 N–H and O–H groups in total. The van der Waals surface area contributed by atoms with Crippen molar-refractivity contribution in [2.45, 2.75) is 6.18 Å². The number of benzene rings is 3. The Labute approximate surface area is 180 Å². The number of fused-ring (bicyclic) bond motifs is 1. The molecule has 0 atom stereocenters. The van der Waals surface area contributed by atoms with Crippen LogP contribution in [0, 0.1) is 0 Å². The summed E-state index contributed by atoms with van der Waals surface area (Å²) in [7, 11) is 1.58. The summed E-state index contributed by atoms with van der Waals surface area (Å²) in [5.74, 6) is 0.253. The Kier molecular flexibility index (Phi) is 5.29. The molecular weight excluding hydrogens is 431 g/mol. The van der Waals surface area contributed by atoms with E-state index in [9.17, 15) is 18.0 Å². The van der Waals surface area contributed by atoms with E-state index in [4.69, 9.17) is 17.0 Å². The number of carbonyl (C=O) groups is 1. The van der Waals surface area contributed by atoms with Crippen LogP contribution in [0.2, 0.25) is 0 Å². The monoisotopic (exact) mass is 445 g/mol. The van der Waals surface area contributed by atoms with Gasteiger partial charge in [-0.25, -0.2) is 0 Å². The number of anilines is 1. The number of ether oxygens (including phenoxy) is 1. The van der Waals surface area contributed by atoms with Crippen molar-refractivity contribution in [1.29, 1.82) is 0 Å². The minimum Gasteiger partial charge on any atom is -0.496 e. The van der Waals surface area contributed by atoms with Crippen LogP contribution >= 0.6 is 24.0 Å². The van der Waals surface area contributed by atoms with Crippen molar-refractivity contribution in [3.63, 3.8) is 0 Å². The molecule has 0 aliphatic carbocycles. The third kappa shape index (κ3) is 3.68. The number of hydrogen-bond donors (Lipinski definition) is 0. The lowest BCUT2D eigenvalue weighted by Gasteiger charge is -2.16. The summed E-state index contributed by atoms with van der Waals surface area (Å²) < 4.78 is 44.8. The van der Waals surface area contributed by atoms with Crippen molar-refractivity contribution in [2.24, 2.45) is 0 Å². The number of thioether (sulfide) groups is 1. The van der Waals surface area contributed by atoms with Crippen LogP contribution in [0.25, 0.3) is 16.8 Å². The van der Waals surface area contributed by atoms with Gasteiger partial charge in [0, 0.05) is 5.39 Å². The van der Waals surface area contributed by atoms with Gasteiger partial charge in [-0.1, -0.05) is 60.4 Å². The molecule has 3 aromatic carbocycles. The fraction of sp³-hybridized carbons (Fsp3) is 0.0909. The molecule has 30 heavy (non-hydrogen) atoms. The van der Waals surface area contributed by atoms with Crippen LogP contribution in [0.5, 0.6) is 5.75 Å². The van der Waals surface area contributed by atoms with E-state index in [2.05, 4.69) is 0 Å². The molecule has 0 unspecified atom stereocenters. The Balaban J connectivity index is 1.74. The molecular formula is C22H14F3NO2S2. The number of amides is 1. The zero-order valence-electron chi connectivity index (χ0n) is 15.6. The summed E-state index contributed by atoms with van der Waals surface area (Å²) in [6.07, 6.45) is -2.80. The van der Waals surface area contributed by atoms with Crippen LogP contribution in [-0.2, 0) is 11.0 Å². The first-order valence-corrected chi connectivity index (χ1v) is 10.0. The van der Waals surface area contributed by atoms with Crippen molar-refractivity contribution >= 4 is 56.7 Å². The number of hydrogen-bond acceptors (Lipinski definition) is 4. The maximum Gasteiger partial charge on any atom is 0.416 e. The predicted octanol–water partition coefficient (Wildman–Crippen LogP) is 6.27. The smallest absolute Gasteiger partial charge is 0.416 e. The highest BCUT2D eigenvalue weighted by Gasteiger charge is 2.36. The highest BCUT2D eigenvalue weighted by Crippen LogP contribution is 2.39. The van der Waals surface area contributed by atoms with Gasteiger partial charge in [-0.05, 0) is 41.3 Å². The number of carbonyl (C=O) groups excluding carboxylic acids is 1. The molecule has 1 aliphatic rings. The van der Waals surface area contributed by atoms with E-state index in [1.54, 1.807) is 13.2 Å². The maximum absolute atomic E-state index is 13.1. The number of alkyl halides is 3. The maximum atomic E-state index is 13.1. The van der Waals surface area contributed by atoms with Gasteiger partial charge in [0.05, 0.1) is 23.3 Å². The number of thiocarbonyl (C=S) groups is 1. The summed E-state index contributed by atoms with van der Waals surface area (Å²) in [4.78, 5) is 14.5. The minimum absolute atomic E-state index is 0.0929. The lowest BCUT2D eigenvalue weighted by Crippen LogP contribution is -2.27. The molecule has 0 radical (unpaired) electrons. The van der Waals surface area contributed by atoms with E-state index in [-0.39, 0.29) is 10.0 Å². The Bertz CT molecular complexity index is 1200. The van der Waals surface area contributed by atoms with Crippen molar-refractivity contribution < 1.29 is 22.7 Å². The lowest BCUT2D eigenvalue weighted by atomic mass is 10.0. The Morgan fingerprint density at radius 1 is 1.03 bits per heavy atom. The van der Waals surface area contributed by atoms with Crippen LogP contribution in [0.3, 0.4) is 0 Å². The van der Waals surface area contributed by atoms with E-state index < -0.39 is 17.6 Å². The van der Waals surface area contributed by atoms with Crippen LogP contribution in [0.1, 0.15) is 11.1 Å². The average Bonchev–Trinajstić information content (AvgIpc) is 3.00. The minimum atomic E-state index is -4.51. The molecule has 4 rings (SSSR count). The predicted molar refractivity (Wildman–Crippen MR) is 118 cm³/mol. The van der Waals surface area contributed by atoms with Gasteiger partial charge in [0.25, 0.3) is 5.91 Å². The topological polar surface area (TPSA) is 29.5 Å². The van der Waals surface area contributed by atoms with E-state index >= 15 is 0 Å².